The Morgan fingerprint density at radius 3 is 2.95 bits per heavy atom. The molecule has 0 amide bonds. The lowest BCUT2D eigenvalue weighted by Gasteiger charge is -2.21. The molecule has 0 saturated heterocycles. The molecule has 5 heteroatoms. The lowest BCUT2D eigenvalue weighted by Crippen LogP contribution is -2.17. The minimum absolute atomic E-state index is 0.700. The molecule has 3 rings (SSSR count). The average molecular weight is 270 g/mol. The monoisotopic (exact) mass is 270 g/mol. The van der Waals surface area contributed by atoms with Crippen LogP contribution in [-0.2, 0) is 6.42 Å². The summed E-state index contributed by atoms with van der Waals surface area (Å²) in [7, 11) is 1.66. The number of hydrogen-bond donors (Lipinski definition) is 1. The topological polar surface area (TPSA) is 50.3 Å². The Kier molecular flexibility index (Phi) is 3.41. The van der Waals surface area contributed by atoms with Crippen molar-refractivity contribution in [2.45, 2.75) is 13.3 Å². The molecule has 2 heterocycles. The Hall–Kier alpha value is -2.30. The molecule has 0 fully saturated rings. The third-order valence-electron chi connectivity index (χ3n) is 3.48. The summed E-state index contributed by atoms with van der Waals surface area (Å²) in [5, 5.41) is 3.21. The van der Waals surface area contributed by atoms with Crippen LogP contribution in [0.4, 0.5) is 17.3 Å². The number of fused-ring (bicyclic) bond motifs is 1. The van der Waals surface area contributed by atoms with E-state index in [1.54, 1.807) is 13.4 Å². The quantitative estimate of drug-likeness (QED) is 0.925. The van der Waals surface area contributed by atoms with Crippen LogP contribution in [0.15, 0.2) is 30.6 Å². The van der Waals surface area contributed by atoms with Crippen LogP contribution in [0.1, 0.15) is 12.5 Å². The molecule has 5 nitrogen and oxygen atoms in total. The van der Waals surface area contributed by atoms with E-state index in [1.165, 1.54) is 11.3 Å². The lowest BCUT2D eigenvalue weighted by molar-refractivity contribution is 0.413. The van der Waals surface area contributed by atoms with E-state index in [9.17, 15) is 0 Å². The number of ether oxygens (including phenoxy) is 1. The van der Waals surface area contributed by atoms with Crippen molar-refractivity contribution in [1.82, 2.24) is 9.97 Å². The summed E-state index contributed by atoms with van der Waals surface area (Å²) in [6.07, 6.45) is 2.61. The van der Waals surface area contributed by atoms with Gasteiger partial charge in [-0.2, -0.15) is 0 Å². The highest BCUT2D eigenvalue weighted by molar-refractivity contribution is 5.75. The van der Waals surface area contributed by atoms with Crippen LogP contribution < -0.4 is 15.0 Å². The minimum atomic E-state index is 0.700. The van der Waals surface area contributed by atoms with Gasteiger partial charge in [-0.15, -0.1) is 0 Å². The molecule has 0 radical (unpaired) electrons. The van der Waals surface area contributed by atoms with Crippen LogP contribution in [-0.4, -0.2) is 30.2 Å². The zero-order chi connectivity index (χ0) is 13.9. The molecule has 1 aromatic heterocycles. The second-order valence-corrected chi connectivity index (χ2v) is 4.64. The van der Waals surface area contributed by atoms with Gasteiger partial charge < -0.3 is 15.0 Å². The van der Waals surface area contributed by atoms with Crippen LogP contribution >= 0.6 is 0 Å². The molecule has 2 aromatic rings. The van der Waals surface area contributed by atoms with Crippen LogP contribution in [0.25, 0.3) is 0 Å². The van der Waals surface area contributed by atoms with Gasteiger partial charge in [0.05, 0.1) is 7.11 Å². The van der Waals surface area contributed by atoms with Gasteiger partial charge in [-0.25, -0.2) is 9.97 Å². The Morgan fingerprint density at radius 2 is 2.15 bits per heavy atom. The minimum Gasteiger partial charge on any atom is -0.490 e. The zero-order valence-electron chi connectivity index (χ0n) is 11.8. The number of para-hydroxylation sites is 1. The van der Waals surface area contributed by atoms with Crippen molar-refractivity contribution in [2.24, 2.45) is 0 Å². The van der Waals surface area contributed by atoms with Gasteiger partial charge in [0.1, 0.15) is 6.33 Å². The summed E-state index contributed by atoms with van der Waals surface area (Å²) in [4.78, 5) is 10.9. The number of hydrogen-bond acceptors (Lipinski definition) is 5. The van der Waals surface area contributed by atoms with E-state index in [0.29, 0.717) is 5.75 Å². The molecule has 1 N–H and O–H groups in total. The van der Waals surface area contributed by atoms with Crippen molar-refractivity contribution >= 4 is 17.3 Å². The third kappa shape index (κ3) is 2.05. The SMILES string of the molecule is CCNc1ncnc(N2CCc3ccccc32)c1OC. The maximum Gasteiger partial charge on any atom is 0.204 e. The molecule has 0 saturated carbocycles. The van der Waals surface area contributed by atoms with Crippen LogP contribution in [0.5, 0.6) is 5.75 Å². The second-order valence-electron chi connectivity index (χ2n) is 4.64. The standard InChI is InChI=1S/C15H18N4O/c1-3-16-14-13(20-2)15(18-10-17-14)19-9-8-11-6-4-5-7-12(11)19/h4-7,10H,3,8-9H2,1-2H3,(H,16,17,18). The Balaban J connectivity index is 2.05. The van der Waals surface area contributed by atoms with Gasteiger partial charge in [-0.05, 0) is 25.0 Å². The van der Waals surface area contributed by atoms with E-state index in [1.807, 2.05) is 6.92 Å². The smallest absolute Gasteiger partial charge is 0.204 e. The van der Waals surface area contributed by atoms with Crippen molar-refractivity contribution in [2.75, 3.05) is 30.4 Å². The Bertz CT molecular complexity index is 615. The number of rotatable bonds is 4. The molecule has 0 spiro atoms. The number of methoxy groups -OCH3 is 1. The van der Waals surface area contributed by atoms with Gasteiger partial charge >= 0.3 is 0 Å². The summed E-state index contributed by atoms with van der Waals surface area (Å²) in [5.74, 6) is 2.26. The molecule has 20 heavy (non-hydrogen) atoms. The first-order valence-electron chi connectivity index (χ1n) is 6.83. The van der Waals surface area contributed by atoms with Gasteiger partial charge in [0.2, 0.25) is 5.75 Å². The molecule has 1 aliphatic heterocycles. The highest BCUT2D eigenvalue weighted by atomic mass is 16.5. The normalized spacial score (nSPS) is 13.2. The number of benzene rings is 1. The highest BCUT2D eigenvalue weighted by Gasteiger charge is 2.25. The van der Waals surface area contributed by atoms with Crippen LogP contribution in [0.2, 0.25) is 0 Å². The van der Waals surface area contributed by atoms with Gasteiger partial charge in [-0.3, -0.25) is 0 Å². The molecule has 0 atom stereocenters. The van der Waals surface area contributed by atoms with Crippen molar-refractivity contribution < 1.29 is 4.74 Å². The number of aromatic nitrogens is 2. The first kappa shape index (κ1) is 12.7. The molecule has 0 unspecified atom stereocenters. The Labute approximate surface area is 118 Å². The summed E-state index contributed by atoms with van der Waals surface area (Å²) in [6, 6.07) is 8.41. The summed E-state index contributed by atoms with van der Waals surface area (Å²) in [5.41, 5.74) is 2.55. The molecule has 1 aromatic carbocycles. The van der Waals surface area contributed by atoms with E-state index in [4.69, 9.17) is 4.74 Å². The summed E-state index contributed by atoms with van der Waals surface area (Å²) < 4.78 is 5.53. The van der Waals surface area contributed by atoms with Gasteiger partial charge in [0.15, 0.2) is 11.6 Å². The number of nitrogens with zero attached hydrogens (tertiary/aromatic N) is 3. The molecule has 0 bridgehead atoms. The summed E-state index contributed by atoms with van der Waals surface area (Å²) in [6.45, 7) is 3.74. The molecule has 0 aliphatic carbocycles. The van der Waals surface area contributed by atoms with Crippen LogP contribution in [0.3, 0.4) is 0 Å². The molecule has 1 aliphatic rings. The number of anilines is 3. The van der Waals surface area contributed by atoms with Crippen molar-refractivity contribution in [3.05, 3.63) is 36.2 Å². The average Bonchev–Trinajstić information content (AvgIpc) is 2.91. The van der Waals surface area contributed by atoms with Crippen molar-refractivity contribution in [3.8, 4) is 5.75 Å². The fraction of sp³-hybridized carbons (Fsp3) is 0.333. The highest BCUT2D eigenvalue weighted by Crippen LogP contribution is 2.40. The maximum atomic E-state index is 5.53. The largest absolute Gasteiger partial charge is 0.490 e. The first-order chi connectivity index (χ1) is 9.85. The van der Waals surface area contributed by atoms with Crippen molar-refractivity contribution in [3.63, 3.8) is 0 Å². The fourth-order valence-corrected chi connectivity index (χ4v) is 2.60. The third-order valence-corrected chi connectivity index (χ3v) is 3.48. The van der Waals surface area contributed by atoms with E-state index >= 15 is 0 Å². The van der Waals surface area contributed by atoms with Gasteiger partial charge in [0, 0.05) is 18.8 Å². The van der Waals surface area contributed by atoms with Crippen LogP contribution in [0, 0.1) is 0 Å². The lowest BCUT2D eigenvalue weighted by atomic mass is 10.2. The maximum absolute atomic E-state index is 5.53. The Morgan fingerprint density at radius 1 is 1.30 bits per heavy atom. The van der Waals surface area contributed by atoms with E-state index < -0.39 is 0 Å². The molecular formula is C15H18N4O. The van der Waals surface area contributed by atoms with E-state index in [0.717, 1.165) is 31.1 Å². The number of nitrogens with one attached hydrogen (secondary N) is 1. The first-order valence-corrected chi connectivity index (χ1v) is 6.83. The van der Waals surface area contributed by atoms with Gasteiger partial charge in [-0.1, -0.05) is 18.2 Å². The molecular weight excluding hydrogens is 252 g/mol. The predicted octanol–water partition coefficient (Wildman–Crippen LogP) is 2.61. The van der Waals surface area contributed by atoms with E-state index in [-0.39, 0.29) is 0 Å². The molecule has 104 valence electrons. The predicted molar refractivity (Wildman–Crippen MR) is 79.9 cm³/mol. The fourth-order valence-electron chi connectivity index (χ4n) is 2.60. The zero-order valence-corrected chi connectivity index (χ0v) is 11.8. The second kappa shape index (κ2) is 5.36. The summed E-state index contributed by atoms with van der Waals surface area (Å²) >= 11 is 0. The van der Waals surface area contributed by atoms with Crippen molar-refractivity contribution in [1.29, 1.82) is 0 Å². The van der Waals surface area contributed by atoms with Gasteiger partial charge in [0.25, 0.3) is 0 Å². The van der Waals surface area contributed by atoms with E-state index in [2.05, 4.69) is 44.5 Å².